The van der Waals surface area contributed by atoms with E-state index < -0.39 is 0 Å². The first kappa shape index (κ1) is 14.3. The fraction of sp³-hybridized carbons (Fsp3) is 0.533. The second kappa shape index (κ2) is 6.41. The van der Waals surface area contributed by atoms with Gasteiger partial charge in [-0.05, 0) is 18.2 Å². The zero-order chi connectivity index (χ0) is 14.7. The highest BCUT2D eigenvalue weighted by molar-refractivity contribution is 5.95. The lowest BCUT2D eigenvalue weighted by Crippen LogP contribution is -2.46. The van der Waals surface area contributed by atoms with Crippen LogP contribution in [0.25, 0.3) is 0 Å². The molecule has 2 heterocycles. The number of carbonyl (C=O) groups excluding carboxylic acids is 1. The third-order valence-electron chi connectivity index (χ3n) is 4.02. The summed E-state index contributed by atoms with van der Waals surface area (Å²) in [6, 6.07) is 4.68. The number of rotatable bonds is 2. The van der Waals surface area contributed by atoms with E-state index in [0.717, 1.165) is 45.0 Å². The van der Waals surface area contributed by atoms with Crippen molar-refractivity contribution >= 4 is 11.6 Å². The molecule has 0 bridgehead atoms. The number of carbonyl (C=O) groups is 1. The van der Waals surface area contributed by atoms with Gasteiger partial charge in [-0.25, -0.2) is 4.39 Å². The van der Waals surface area contributed by atoms with Crippen molar-refractivity contribution in [3.05, 3.63) is 29.6 Å². The monoisotopic (exact) mass is 292 g/mol. The maximum Gasteiger partial charge on any atom is 0.254 e. The highest BCUT2D eigenvalue weighted by Gasteiger charge is 2.20. The number of nitrogens with zero attached hydrogens (tertiary/aromatic N) is 2. The van der Waals surface area contributed by atoms with Crippen LogP contribution in [0.5, 0.6) is 0 Å². The summed E-state index contributed by atoms with van der Waals surface area (Å²) in [4.78, 5) is 16.4. The van der Waals surface area contributed by atoms with Crippen molar-refractivity contribution in [3.8, 4) is 0 Å². The molecule has 0 saturated carbocycles. The fourth-order valence-electron chi connectivity index (χ4n) is 2.85. The molecule has 1 aromatic carbocycles. The minimum absolute atomic E-state index is 0.0765. The van der Waals surface area contributed by atoms with Gasteiger partial charge in [0.15, 0.2) is 0 Å². The molecule has 2 N–H and O–H groups in total. The molecule has 2 aliphatic rings. The minimum atomic E-state index is -0.343. The predicted octanol–water partition coefficient (Wildman–Crippen LogP) is 0.281. The Balaban J connectivity index is 1.81. The largest absolute Gasteiger partial charge is 0.369 e. The van der Waals surface area contributed by atoms with Crippen LogP contribution >= 0.6 is 0 Å². The highest BCUT2D eigenvalue weighted by Crippen LogP contribution is 2.20. The maximum atomic E-state index is 13.9. The van der Waals surface area contributed by atoms with Gasteiger partial charge in [0.2, 0.25) is 0 Å². The van der Waals surface area contributed by atoms with Crippen LogP contribution in [0.15, 0.2) is 18.2 Å². The summed E-state index contributed by atoms with van der Waals surface area (Å²) >= 11 is 0. The Morgan fingerprint density at radius 2 is 1.57 bits per heavy atom. The van der Waals surface area contributed by atoms with Gasteiger partial charge in [0, 0.05) is 63.6 Å². The van der Waals surface area contributed by atoms with E-state index in [1.54, 1.807) is 4.90 Å². The van der Waals surface area contributed by atoms with Crippen molar-refractivity contribution in [3.63, 3.8) is 0 Å². The zero-order valence-corrected chi connectivity index (χ0v) is 12.1. The van der Waals surface area contributed by atoms with Gasteiger partial charge < -0.3 is 20.4 Å². The van der Waals surface area contributed by atoms with Crippen LogP contribution < -0.4 is 15.5 Å². The summed E-state index contributed by atoms with van der Waals surface area (Å²) in [5.74, 6) is -0.420. The average molecular weight is 292 g/mol. The lowest BCUT2D eigenvalue weighted by atomic mass is 10.1. The van der Waals surface area contributed by atoms with Gasteiger partial charge in [0.05, 0.1) is 0 Å². The first-order chi connectivity index (χ1) is 10.2. The molecule has 2 saturated heterocycles. The van der Waals surface area contributed by atoms with E-state index in [1.807, 2.05) is 6.07 Å². The summed E-state index contributed by atoms with van der Waals surface area (Å²) in [5, 5.41) is 6.48. The Kier molecular flexibility index (Phi) is 4.36. The van der Waals surface area contributed by atoms with Crippen molar-refractivity contribution in [1.29, 1.82) is 0 Å². The first-order valence-electron chi connectivity index (χ1n) is 7.50. The van der Waals surface area contributed by atoms with E-state index in [9.17, 15) is 9.18 Å². The number of hydrogen-bond donors (Lipinski definition) is 2. The second-order valence-electron chi connectivity index (χ2n) is 5.48. The van der Waals surface area contributed by atoms with E-state index in [1.165, 1.54) is 12.1 Å². The average Bonchev–Trinajstić information content (AvgIpc) is 2.55. The molecule has 2 fully saturated rings. The standard InChI is InChI=1S/C15H21FN4O/c16-13-9-12(15(21)20-7-3-18-4-8-20)10-14(11-13)19-5-1-17-2-6-19/h9-11,17-18H,1-8H2. The quantitative estimate of drug-likeness (QED) is 0.822. The Labute approximate surface area is 124 Å². The van der Waals surface area contributed by atoms with Gasteiger partial charge in [-0.15, -0.1) is 0 Å². The molecule has 5 nitrogen and oxygen atoms in total. The fourth-order valence-corrected chi connectivity index (χ4v) is 2.85. The molecule has 114 valence electrons. The molecule has 1 amide bonds. The molecule has 6 heteroatoms. The summed E-state index contributed by atoms with van der Waals surface area (Å²) in [6.45, 7) is 6.40. The van der Waals surface area contributed by atoms with Crippen molar-refractivity contribution in [1.82, 2.24) is 15.5 Å². The Hall–Kier alpha value is -1.66. The number of piperazine rings is 2. The van der Waals surface area contributed by atoms with Crippen LogP contribution in [0.2, 0.25) is 0 Å². The molecular formula is C15H21FN4O. The molecular weight excluding hydrogens is 271 g/mol. The smallest absolute Gasteiger partial charge is 0.254 e. The van der Waals surface area contributed by atoms with Crippen molar-refractivity contribution in [2.45, 2.75) is 0 Å². The number of halogens is 1. The summed E-state index contributed by atoms with van der Waals surface area (Å²) in [6.07, 6.45) is 0. The number of anilines is 1. The molecule has 3 rings (SSSR count). The van der Waals surface area contributed by atoms with Crippen LogP contribution in [-0.4, -0.2) is 63.2 Å². The predicted molar refractivity (Wildman–Crippen MR) is 80.3 cm³/mol. The Morgan fingerprint density at radius 1 is 0.952 bits per heavy atom. The molecule has 2 aliphatic heterocycles. The number of amides is 1. The third kappa shape index (κ3) is 3.33. The lowest BCUT2D eigenvalue weighted by Gasteiger charge is -2.31. The van der Waals surface area contributed by atoms with Gasteiger partial charge in [0.25, 0.3) is 5.91 Å². The molecule has 0 radical (unpaired) electrons. The van der Waals surface area contributed by atoms with Crippen LogP contribution in [0.3, 0.4) is 0 Å². The third-order valence-corrected chi connectivity index (χ3v) is 4.02. The van der Waals surface area contributed by atoms with E-state index in [4.69, 9.17) is 0 Å². The minimum Gasteiger partial charge on any atom is -0.369 e. The molecule has 1 aromatic rings. The van der Waals surface area contributed by atoms with Gasteiger partial charge in [0.1, 0.15) is 5.82 Å². The van der Waals surface area contributed by atoms with Crippen molar-refractivity contribution < 1.29 is 9.18 Å². The van der Waals surface area contributed by atoms with Crippen LogP contribution in [0.4, 0.5) is 10.1 Å². The summed E-state index contributed by atoms with van der Waals surface area (Å²) in [5.41, 5.74) is 1.25. The first-order valence-corrected chi connectivity index (χ1v) is 7.50. The molecule has 0 aromatic heterocycles. The van der Waals surface area contributed by atoms with E-state index >= 15 is 0 Å². The SMILES string of the molecule is O=C(c1cc(F)cc(N2CCNCC2)c1)N1CCNCC1. The van der Waals surface area contributed by atoms with Gasteiger partial charge in [-0.1, -0.05) is 0 Å². The molecule has 21 heavy (non-hydrogen) atoms. The number of benzene rings is 1. The zero-order valence-electron chi connectivity index (χ0n) is 12.1. The summed E-state index contributed by atoms with van der Waals surface area (Å²) < 4.78 is 13.9. The van der Waals surface area contributed by atoms with Gasteiger partial charge in [-0.2, -0.15) is 0 Å². The van der Waals surface area contributed by atoms with Crippen molar-refractivity contribution in [2.24, 2.45) is 0 Å². The lowest BCUT2D eigenvalue weighted by molar-refractivity contribution is 0.0735. The maximum absolute atomic E-state index is 13.9. The molecule has 0 atom stereocenters. The Morgan fingerprint density at radius 3 is 2.24 bits per heavy atom. The Bertz CT molecular complexity index is 510. The van der Waals surface area contributed by atoms with E-state index in [0.29, 0.717) is 18.7 Å². The second-order valence-corrected chi connectivity index (χ2v) is 5.48. The molecule has 0 aliphatic carbocycles. The summed E-state index contributed by atoms with van der Waals surface area (Å²) in [7, 11) is 0. The normalized spacial score (nSPS) is 19.7. The molecule has 0 spiro atoms. The van der Waals surface area contributed by atoms with E-state index in [2.05, 4.69) is 15.5 Å². The van der Waals surface area contributed by atoms with Crippen LogP contribution in [0, 0.1) is 5.82 Å². The van der Waals surface area contributed by atoms with Gasteiger partial charge in [-0.3, -0.25) is 4.79 Å². The molecule has 0 unspecified atom stereocenters. The van der Waals surface area contributed by atoms with Crippen molar-refractivity contribution in [2.75, 3.05) is 57.3 Å². The highest BCUT2D eigenvalue weighted by atomic mass is 19.1. The topological polar surface area (TPSA) is 47.6 Å². The van der Waals surface area contributed by atoms with E-state index in [-0.39, 0.29) is 11.7 Å². The number of nitrogens with one attached hydrogen (secondary N) is 2. The van der Waals surface area contributed by atoms with Gasteiger partial charge >= 0.3 is 0 Å². The number of hydrogen-bond acceptors (Lipinski definition) is 4. The van der Waals surface area contributed by atoms with Crippen LogP contribution in [0.1, 0.15) is 10.4 Å². The van der Waals surface area contributed by atoms with Crippen LogP contribution in [-0.2, 0) is 0 Å².